The molecule has 0 aromatic heterocycles. The zero-order chi connectivity index (χ0) is 13.5. The van der Waals surface area contributed by atoms with Gasteiger partial charge >= 0.3 is 5.97 Å². The Balaban J connectivity index is 2.23. The van der Waals surface area contributed by atoms with E-state index in [1.54, 1.807) is 0 Å². The zero-order valence-corrected chi connectivity index (χ0v) is 11.4. The van der Waals surface area contributed by atoms with E-state index >= 15 is 0 Å². The predicted octanol–water partition coefficient (Wildman–Crippen LogP) is 3.05. The van der Waals surface area contributed by atoms with Crippen molar-refractivity contribution in [2.75, 3.05) is 0 Å². The van der Waals surface area contributed by atoms with E-state index in [1.807, 2.05) is 13.0 Å². The highest BCUT2D eigenvalue weighted by Crippen LogP contribution is 2.52. The molecule has 0 spiro atoms. The molecule has 0 bridgehead atoms. The number of aliphatic carboxylic acids is 1. The predicted molar refractivity (Wildman–Crippen MR) is 69.1 cm³/mol. The number of hydrogen-bond donors (Lipinski definition) is 1. The van der Waals surface area contributed by atoms with Gasteiger partial charge in [-0.15, -0.1) is 0 Å². The summed E-state index contributed by atoms with van der Waals surface area (Å²) in [6.45, 7) is 6.14. The molecule has 0 aromatic rings. The van der Waals surface area contributed by atoms with Crippen LogP contribution in [-0.2, 0) is 9.59 Å². The smallest absolute Gasteiger partial charge is 0.306 e. The fourth-order valence-electron chi connectivity index (χ4n) is 3.57. The quantitative estimate of drug-likeness (QED) is 0.819. The molecular weight excluding hydrogens is 228 g/mol. The highest BCUT2D eigenvalue weighted by atomic mass is 16.4. The molecule has 0 unspecified atom stereocenters. The van der Waals surface area contributed by atoms with Crippen LogP contribution in [0.15, 0.2) is 11.6 Å². The summed E-state index contributed by atoms with van der Waals surface area (Å²) in [5.41, 5.74) is 1.28. The molecule has 4 atom stereocenters. The van der Waals surface area contributed by atoms with Gasteiger partial charge in [0.2, 0.25) is 0 Å². The Hall–Kier alpha value is -1.12. The van der Waals surface area contributed by atoms with Crippen LogP contribution in [-0.4, -0.2) is 16.9 Å². The second kappa shape index (κ2) is 4.52. The van der Waals surface area contributed by atoms with Crippen molar-refractivity contribution in [1.29, 1.82) is 0 Å². The Morgan fingerprint density at radius 2 is 2.22 bits per heavy atom. The highest BCUT2D eigenvalue weighted by Gasteiger charge is 2.45. The number of carbonyl (C=O) groups is 2. The van der Waals surface area contributed by atoms with Gasteiger partial charge in [0, 0.05) is 6.42 Å². The van der Waals surface area contributed by atoms with Crippen molar-refractivity contribution in [2.45, 2.75) is 46.5 Å². The van der Waals surface area contributed by atoms with Crippen molar-refractivity contribution in [3.8, 4) is 0 Å². The number of carboxylic acids is 1. The van der Waals surface area contributed by atoms with Gasteiger partial charge in [0.15, 0.2) is 5.78 Å². The lowest BCUT2D eigenvalue weighted by molar-refractivity contribution is -0.144. The standard InChI is InChI=1S/C15H22O3/c1-9-6-13(16)7-12-5-4-11(8-15(9,12)3)10(2)14(17)18/h7,9-11H,4-6,8H2,1-3H3,(H,17,18)/t9-,10+,11+,15+/m0/s1. The molecule has 0 aliphatic heterocycles. The van der Waals surface area contributed by atoms with E-state index < -0.39 is 5.97 Å². The number of rotatable bonds is 2. The second-order valence-corrected chi connectivity index (χ2v) is 6.29. The fourth-order valence-corrected chi connectivity index (χ4v) is 3.57. The number of ketones is 1. The largest absolute Gasteiger partial charge is 0.481 e. The number of fused-ring (bicyclic) bond motifs is 1. The Labute approximate surface area is 108 Å². The van der Waals surface area contributed by atoms with E-state index in [9.17, 15) is 9.59 Å². The Bertz CT molecular complexity index is 410. The minimum absolute atomic E-state index is 0.0283. The van der Waals surface area contributed by atoms with E-state index in [-0.39, 0.29) is 23.0 Å². The molecule has 0 radical (unpaired) electrons. The third-order valence-corrected chi connectivity index (χ3v) is 5.23. The molecule has 3 nitrogen and oxygen atoms in total. The van der Waals surface area contributed by atoms with Crippen molar-refractivity contribution in [3.63, 3.8) is 0 Å². The molecular formula is C15H22O3. The number of hydrogen-bond acceptors (Lipinski definition) is 2. The van der Waals surface area contributed by atoms with Gasteiger partial charge in [-0.3, -0.25) is 9.59 Å². The van der Waals surface area contributed by atoms with Crippen molar-refractivity contribution in [1.82, 2.24) is 0 Å². The van der Waals surface area contributed by atoms with Crippen LogP contribution in [0.4, 0.5) is 0 Å². The summed E-state index contributed by atoms with van der Waals surface area (Å²) in [4.78, 5) is 22.8. The molecule has 18 heavy (non-hydrogen) atoms. The molecule has 1 fully saturated rings. The minimum atomic E-state index is -0.699. The van der Waals surface area contributed by atoms with E-state index in [4.69, 9.17) is 5.11 Å². The van der Waals surface area contributed by atoms with Crippen LogP contribution in [0.25, 0.3) is 0 Å². The number of carbonyl (C=O) groups excluding carboxylic acids is 1. The average molecular weight is 250 g/mol. The molecule has 0 amide bonds. The fraction of sp³-hybridized carbons (Fsp3) is 0.733. The van der Waals surface area contributed by atoms with Gasteiger partial charge < -0.3 is 5.11 Å². The van der Waals surface area contributed by atoms with Crippen LogP contribution >= 0.6 is 0 Å². The van der Waals surface area contributed by atoms with Gasteiger partial charge in [0.05, 0.1) is 5.92 Å². The van der Waals surface area contributed by atoms with Crippen molar-refractivity contribution in [2.24, 2.45) is 23.2 Å². The van der Waals surface area contributed by atoms with Gasteiger partial charge in [-0.05, 0) is 42.6 Å². The lowest BCUT2D eigenvalue weighted by Gasteiger charge is -2.47. The van der Waals surface area contributed by atoms with E-state index in [1.165, 1.54) is 5.57 Å². The molecule has 2 aliphatic carbocycles. The van der Waals surface area contributed by atoms with Crippen LogP contribution < -0.4 is 0 Å². The Kier molecular flexibility index (Phi) is 3.35. The second-order valence-electron chi connectivity index (χ2n) is 6.29. The first-order chi connectivity index (χ1) is 8.34. The Morgan fingerprint density at radius 1 is 1.56 bits per heavy atom. The van der Waals surface area contributed by atoms with Crippen LogP contribution in [0.3, 0.4) is 0 Å². The molecule has 3 heteroatoms. The first-order valence-electron chi connectivity index (χ1n) is 6.81. The molecule has 0 aromatic carbocycles. The summed E-state index contributed by atoms with van der Waals surface area (Å²) >= 11 is 0. The third kappa shape index (κ3) is 2.11. The Morgan fingerprint density at radius 3 is 2.83 bits per heavy atom. The monoisotopic (exact) mass is 250 g/mol. The summed E-state index contributed by atoms with van der Waals surface area (Å²) in [7, 11) is 0. The molecule has 1 N–H and O–H groups in total. The summed E-state index contributed by atoms with van der Waals surface area (Å²) in [6, 6.07) is 0. The van der Waals surface area contributed by atoms with Crippen molar-refractivity contribution in [3.05, 3.63) is 11.6 Å². The zero-order valence-electron chi connectivity index (χ0n) is 11.4. The van der Waals surface area contributed by atoms with Gasteiger partial charge in [0.1, 0.15) is 0 Å². The van der Waals surface area contributed by atoms with Crippen LogP contribution in [0, 0.1) is 23.2 Å². The first-order valence-corrected chi connectivity index (χ1v) is 6.81. The first kappa shape index (κ1) is 13.3. The van der Waals surface area contributed by atoms with Gasteiger partial charge in [-0.2, -0.15) is 0 Å². The van der Waals surface area contributed by atoms with E-state index in [2.05, 4.69) is 13.8 Å². The molecule has 100 valence electrons. The molecule has 0 heterocycles. The molecule has 0 saturated heterocycles. The highest BCUT2D eigenvalue weighted by molar-refractivity contribution is 5.92. The van der Waals surface area contributed by atoms with Crippen LogP contribution in [0.5, 0.6) is 0 Å². The summed E-state index contributed by atoms with van der Waals surface area (Å²) in [5.74, 6) is -0.183. The maximum atomic E-state index is 11.6. The normalized spacial score (nSPS) is 37.7. The van der Waals surface area contributed by atoms with Crippen LogP contribution in [0.1, 0.15) is 46.5 Å². The lowest BCUT2D eigenvalue weighted by atomic mass is 9.57. The maximum Gasteiger partial charge on any atom is 0.306 e. The van der Waals surface area contributed by atoms with Gasteiger partial charge in [-0.25, -0.2) is 0 Å². The summed E-state index contributed by atoms with van der Waals surface area (Å²) in [5, 5.41) is 9.15. The SMILES string of the molecule is C[C@@H](C(=O)O)[C@@H]1CCC2=CC(=O)C[C@H](C)[C@@]2(C)C1. The number of carboxylic acid groups (broad SMARTS) is 1. The molecule has 1 saturated carbocycles. The van der Waals surface area contributed by atoms with E-state index in [0.29, 0.717) is 12.3 Å². The topological polar surface area (TPSA) is 54.4 Å². The maximum absolute atomic E-state index is 11.6. The van der Waals surface area contributed by atoms with Crippen molar-refractivity contribution < 1.29 is 14.7 Å². The lowest BCUT2D eigenvalue weighted by Crippen LogP contribution is -2.40. The average Bonchev–Trinajstić information content (AvgIpc) is 2.29. The minimum Gasteiger partial charge on any atom is -0.481 e. The van der Waals surface area contributed by atoms with E-state index in [0.717, 1.165) is 19.3 Å². The number of allylic oxidation sites excluding steroid dienone is 2. The van der Waals surface area contributed by atoms with Gasteiger partial charge in [0.25, 0.3) is 0 Å². The van der Waals surface area contributed by atoms with Crippen molar-refractivity contribution >= 4 is 11.8 Å². The van der Waals surface area contributed by atoms with Gasteiger partial charge in [-0.1, -0.05) is 26.3 Å². The molecule has 2 aliphatic rings. The van der Waals surface area contributed by atoms with Crippen LogP contribution in [0.2, 0.25) is 0 Å². The summed E-state index contributed by atoms with van der Waals surface area (Å²) in [6.07, 6.45) is 5.11. The molecule has 2 rings (SSSR count). The third-order valence-electron chi connectivity index (χ3n) is 5.23. The summed E-state index contributed by atoms with van der Waals surface area (Å²) < 4.78 is 0.